The first-order valence-electron chi connectivity index (χ1n) is 20.7. The first-order chi connectivity index (χ1) is 30.7. The molecule has 0 saturated heterocycles. The molecule has 5 heterocycles. The highest BCUT2D eigenvalue weighted by Gasteiger charge is 2.23. The average molecular weight is 795 g/mol. The van der Waals surface area contributed by atoms with Crippen molar-refractivity contribution in [2.45, 2.75) is 0 Å². The zero-order chi connectivity index (χ0) is 40.5. The van der Waals surface area contributed by atoms with E-state index in [-0.39, 0.29) is 0 Å². The molecule has 0 amide bonds. The van der Waals surface area contributed by atoms with Crippen molar-refractivity contribution in [1.82, 2.24) is 19.5 Å². The van der Waals surface area contributed by atoms with E-state index < -0.39 is 0 Å². The first-order valence-corrected chi connectivity index (χ1v) is 20.7. The number of aromatic nitrogens is 4. The fourth-order valence-corrected chi connectivity index (χ4v) is 9.62. The molecular formula is C55H30N4O3. The molecule has 14 aromatic rings. The zero-order valence-corrected chi connectivity index (χ0v) is 32.8. The second kappa shape index (κ2) is 12.5. The summed E-state index contributed by atoms with van der Waals surface area (Å²) in [6.07, 6.45) is 0. The Bertz CT molecular complexity index is 4060. The molecular weight excluding hydrogens is 765 g/mol. The summed E-state index contributed by atoms with van der Waals surface area (Å²) in [7, 11) is 0. The Morgan fingerprint density at radius 2 is 0.806 bits per heavy atom. The van der Waals surface area contributed by atoms with Crippen molar-refractivity contribution in [2.24, 2.45) is 0 Å². The van der Waals surface area contributed by atoms with E-state index in [1.807, 2.05) is 60.7 Å². The molecule has 0 fully saturated rings. The number of furan rings is 3. The van der Waals surface area contributed by atoms with Crippen LogP contribution >= 0.6 is 0 Å². The fraction of sp³-hybridized carbons (Fsp3) is 0. The number of hydrogen-bond donors (Lipinski definition) is 0. The molecule has 14 rings (SSSR count). The number of para-hydroxylation sites is 4. The van der Waals surface area contributed by atoms with Gasteiger partial charge in [0.25, 0.3) is 0 Å². The van der Waals surface area contributed by atoms with Gasteiger partial charge in [0.05, 0.1) is 11.0 Å². The van der Waals surface area contributed by atoms with Crippen LogP contribution in [-0.4, -0.2) is 19.5 Å². The number of rotatable bonds is 4. The lowest BCUT2D eigenvalue weighted by molar-refractivity contribution is 0.668. The van der Waals surface area contributed by atoms with Crippen LogP contribution in [0.2, 0.25) is 0 Å². The smallest absolute Gasteiger partial charge is 0.238 e. The topological polar surface area (TPSA) is 83.0 Å². The number of nitrogens with zero attached hydrogens (tertiary/aromatic N) is 4. The highest BCUT2D eigenvalue weighted by molar-refractivity contribution is 6.23. The van der Waals surface area contributed by atoms with Gasteiger partial charge in [-0.25, -0.2) is 4.98 Å². The molecule has 288 valence electrons. The van der Waals surface area contributed by atoms with Crippen LogP contribution in [0.3, 0.4) is 0 Å². The normalized spacial score (nSPS) is 12.2. The van der Waals surface area contributed by atoms with Crippen molar-refractivity contribution >= 4 is 98.4 Å². The summed E-state index contributed by atoms with van der Waals surface area (Å²) in [5, 5.41) is 10.9. The van der Waals surface area contributed by atoms with Crippen molar-refractivity contribution in [3.63, 3.8) is 0 Å². The van der Waals surface area contributed by atoms with Crippen molar-refractivity contribution in [1.29, 1.82) is 0 Å². The third kappa shape index (κ3) is 4.78. The van der Waals surface area contributed by atoms with Gasteiger partial charge in [-0.3, -0.25) is 4.57 Å². The second-order valence-corrected chi connectivity index (χ2v) is 15.9. The average Bonchev–Trinajstić information content (AvgIpc) is 4.09. The molecule has 0 atom stereocenters. The molecule has 0 spiro atoms. The second-order valence-electron chi connectivity index (χ2n) is 15.9. The van der Waals surface area contributed by atoms with E-state index in [1.54, 1.807) is 0 Å². The minimum absolute atomic E-state index is 0.493. The fourth-order valence-electron chi connectivity index (χ4n) is 9.62. The van der Waals surface area contributed by atoms with Gasteiger partial charge < -0.3 is 13.3 Å². The van der Waals surface area contributed by atoms with E-state index in [4.69, 9.17) is 28.2 Å². The van der Waals surface area contributed by atoms with Crippen LogP contribution in [-0.2, 0) is 0 Å². The van der Waals surface area contributed by atoms with E-state index in [0.29, 0.717) is 17.6 Å². The first kappa shape index (κ1) is 33.3. The molecule has 0 aliphatic rings. The maximum Gasteiger partial charge on any atom is 0.238 e. The largest absolute Gasteiger partial charge is 0.456 e. The van der Waals surface area contributed by atoms with Crippen LogP contribution in [0.15, 0.2) is 195 Å². The van der Waals surface area contributed by atoms with E-state index in [9.17, 15) is 0 Å². The molecule has 0 aliphatic carbocycles. The van der Waals surface area contributed by atoms with Crippen LogP contribution < -0.4 is 0 Å². The molecule has 0 radical (unpaired) electrons. The van der Waals surface area contributed by atoms with Gasteiger partial charge in [-0.1, -0.05) is 121 Å². The van der Waals surface area contributed by atoms with Gasteiger partial charge in [-0.2, -0.15) is 9.97 Å². The standard InChI is InChI=1S/C55H30N4O3/c1-2-11-35-31(10-1)23-27-44-51(35)43-16-9-15-36(32-20-24-40-37-12-3-6-17-45(37)60-48(40)28-32)52(43)59(44)55-57-53(33-21-25-41-38-13-4-7-18-46(38)61-49(41)29-33)56-54(58-55)34-22-26-42-39-14-5-8-19-47(39)62-50(42)30-34/h1-30H. The Labute approximate surface area is 351 Å². The highest BCUT2D eigenvalue weighted by atomic mass is 16.3. The molecule has 7 heteroatoms. The minimum atomic E-state index is 0.493. The molecule has 9 aromatic carbocycles. The summed E-state index contributed by atoms with van der Waals surface area (Å²) in [4.78, 5) is 16.0. The third-order valence-corrected chi connectivity index (χ3v) is 12.5. The summed E-state index contributed by atoms with van der Waals surface area (Å²) in [5.41, 5.74) is 10.6. The third-order valence-electron chi connectivity index (χ3n) is 12.5. The van der Waals surface area contributed by atoms with Crippen molar-refractivity contribution in [2.75, 3.05) is 0 Å². The van der Waals surface area contributed by atoms with E-state index in [1.165, 1.54) is 0 Å². The molecule has 62 heavy (non-hydrogen) atoms. The van der Waals surface area contributed by atoms with Crippen LogP contribution in [0.5, 0.6) is 0 Å². The molecule has 0 unspecified atom stereocenters. The van der Waals surface area contributed by atoms with E-state index >= 15 is 0 Å². The Morgan fingerprint density at radius 1 is 0.339 bits per heavy atom. The molecule has 0 saturated carbocycles. The quantitative estimate of drug-likeness (QED) is 0.176. The van der Waals surface area contributed by atoms with Gasteiger partial charge in [0, 0.05) is 59.8 Å². The Hall–Kier alpha value is -8.55. The lowest BCUT2D eigenvalue weighted by Crippen LogP contribution is -2.07. The SMILES string of the molecule is c1ccc2c(c1)ccc1c2c2cccc(-c3ccc4c(c3)oc3ccccc34)c2n1-c1nc(-c2ccc3c(c2)oc2ccccc23)nc(-c2ccc3c(c2)oc2ccccc23)n1. The predicted octanol–water partition coefficient (Wildman–Crippen LogP) is 14.8. The molecule has 7 nitrogen and oxygen atoms in total. The summed E-state index contributed by atoms with van der Waals surface area (Å²) in [6, 6.07) is 62.8. The van der Waals surface area contributed by atoms with Crippen LogP contribution in [0, 0.1) is 0 Å². The van der Waals surface area contributed by atoms with Gasteiger partial charge in [-0.15, -0.1) is 0 Å². The monoisotopic (exact) mass is 794 g/mol. The lowest BCUT2D eigenvalue weighted by Gasteiger charge is -2.13. The summed E-state index contributed by atoms with van der Waals surface area (Å²) in [6.45, 7) is 0. The van der Waals surface area contributed by atoms with Crippen molar-refractivity contribution in [3.05, 3.63) is 182 Å². The summed E-state index contributed by atoms with van der Waals surface area (Å²) < 4.78 is 21.4. The van der Waals surface area contributed by atoms with Crippen molar-refractivity contribution < 1.29 is 13.3 Å². The maximum absolute atomic E-state index is 6.43. The number of fused-ring (bicyclic) bond motifs is 14. The minimum Gasteiger partial charge on any atom is -0.456 e. The molecule has 0 bridgehead atoms. The summed E-state index contributed by atoms with van der Waals surface area (Å²) in [5.74, 6) is 1.54. The van der Waals surface area contributed by atoms with Gasteiger partial charge in [0.15, 0.2) is 11.6 Å². The molecule has 5 aromatic heterocycles. The molecule has 0 N–H and O–H groups in total. The summed E-state index contributed by atoms with van der Waals surface area (Å²) >= 11 is 0. The van der Waals surface area contributed by atoms with Crippen LogP contribution in [0.1, 0.15) is 0 Å². The van der Waals surface area contributed by atoms with Gasteiger partial charge in [0.2, 0.25) is 5.95 Å². The van der Waals surface area contributed by atoms with Gasteiger partial charge in [-0.05, 0) is 77.0 Å². The number of hydrogen-bond acceptors (Lipinski definition) is 6. The van der Waals surface area contributed by atoms with Gasteiger partial charge in [0.1, 0.15) is 33.5 Å². The Balaban J connectivity index is 1.07. The molecule has 0 aliphatic heterocycles. The predicted molar refractivity (Wildman–Crippen MR) is 250 cm³/mol. The lowest BCUT2D eigenvalue weighted by atomic mass is 9.99. The van der Waals surface area contributed by atoms with Gasteiger partial charge >= 0.3 is 0 Å². The highest BCUT2D eigenvalue weighted by Crippen LogP contribution is 2.43. The van der Waals surface area contributed by atoms with E-state index in [0.717, 1.165) is 121 Å². The Morgan fingerprint density at radius 3 is 1.39 bits per heavy atom. The maximum atomic E-state index is 6.43. The van der Waals surface area contributed by atoms with Crippen LogP contribution in [0.25, 0.3) is 138 Å². The number of benzene rings is 9. The van der Waals surface area contributed by atoms with E-state index in [2.05, 4.69) is 126 Å². The van der Waals surface area contributed by atoms with Crippen LogP contribution in [0.4, 0.5) is 0 Å². The Kier molecular flexibility index (Phi) is 6.71. The van der Waals surface area contributed by atoms with Crippen molar-refractivity contribution in [3.8, 4) is 39.9 Å². The zero-order valence-electron chi connectivity index (χ0n) is 32.8.